The standard InChI is InChI=1S/C36H48N2O2.Al/c1-33(2,3)25-17-23(31(39)27(19-25)35(7,8)9)21-37-29-15-13-14-16-30(29)38-22-24-18-26(34(4,5)6)20-28(32(24)40)36(10,11)12;/h13-22,39-40H,1-12H3;/q;+3/p-2. The fourth-order valence-corrected chi connectivity index (χ4v) is 5.59. The number of fused-ring (bicyclic) bond motifs is 3. The van der Waals surface area contributed by atoms with Gasteiger partial charge in [-0.15, -0.1) is 0 Å². The number of benzene rings is 3. The summed E-state index contributed by atoms with van der Waals surface area (Å²) in [5.41, 5.74) is 7.78. The van der Waals surface area contributed by atoms with E-state index in [2.05, 4.69) is 107 Å². The SMILES string of the molecule is CC(C)(C)c1cc(C(C)(C)C)c2[o][Al+][o]c3c(C(C)(C)C)cc(C(C)(C)C)cc3cnc3ccccc3ncc2c1. The van der Waals surface area contributed by atoms with Crippen LogP contribution < -0.4 is 0 Å². The first-order valence-electron chi connectivity index (χ1n) is 14.6. The maximum absolute atomic E-state index is 6.66. The number of hydrogen-bond acceptors (Lipinski definition) is 4. The fraction of sp³-hybridized carbons (Fsp3) is 0.444. The van der Waals surface area contributed by atoms with Crippen molar-refractivity contribution in [2.45, 2.75) is 105 Å². The monoisotopic (exact) mass is 565 g/mol. The van der Waals surface area contributed by atoms with Crippen LogP contribution in [0.1, 0.15) is 105 Å². The van der Waals surface area contributed by atoms with E-state index >= 15 is 0 Å². The second kappa shape index (κ2) is 11.1. The van der Waals surface area contributed by atoms with Gasteiger partial charge in [-0.05, 0) is 0 Å². The first-order chi connectivity index (χ1) is 18.9. The van der Waals surface area contributed by atoms with E-state index < -0.39 is 15.5 Å². The molecule has 0 spiro atoms. The van der Waals surface area contributed by atoms with Crippen LogP contribution >= 0.6 is 0 Å². The van der Waals surface area contributed by atoms with Gasteiger partial charge in [0.15, 0.2) is 0 Å². The third kappa shape index (κ3) is 7.14. The van der Waals surface area contributed by atoms with Gasteiger partial charge in [0, 0.05) is 0 Å². The van der Waals surface area contributed by atoms with Crippen LogP contribution in [0.2, 0.25) is 0 Å². The Morgan fingerprint density at radius 3 is 1.20 bits per heavy atom. The van der Waals surface area contributed by atoms with E-state index in [1.165, 1.54) is 11.1 Å². The molecule has 0 aliphatic rings. The van der Waals surface area contributed by atoms with Gasteiger partial charge in [-0.1, -0.05) is 0 Å². The number of nitrogens with zero attached hydrogens (tertiary/aromatic N) is 2. The van der Waals surface area contributed by atoms with Crippen molar-refractivity contribution in [3.8, 4) is 0 Å². The second-order valence-corrected chi connectivity index (χ2v) is 15.9. The van der Waals surface area contributed by atoms with Crippen molar-refractivity contribution in [1.29, 1.82) is 0 Å². The number of rotatable bonds is 0. The fourth-order valence-electron chi connectivity index (χ4n) is 4.82. The predicted octanol–water partition coefficient (Wildman–Crippen LogP) is 10.2. The summed E-state index contributed by atoms with van der Waals surface area (Å²) in [6.45, 7) is 26.9. The molecule has 214 valence electrons. The Morgan fingerprint density at radius 1 is 0.512 bits per heavy atom. The molecular weight excluding hydrogens is 519 g/mol. The maximum atomic E-state index is 6.66. The van der Waals surface area contributed by atoms with Gasteiger partial charge in [-0.2, -0.15) is 0 Å². The van der Waals surface area contributed by atoms with Crippen molar-refractivity contribution < 1.29 is 6.90 Å². The van der Waals surface area contributed by atoms with Gasteiger partial charge in [-0.3, -0.25) is 0 Å². The molecule has 1 heterocycles. The van der Waals surface area contributed by atoms with Crippen molar-refractivity contribution in [1.82, 2.24) is 9.97 Å². The van der Waals surface area contributed by atoms with Gasteiger partial charge < -0.3 is 0 Å². The van der Waals surface area contributed by atoms with Gasteiger partial charge in [-0.25, -0.2) is 0 Å². The molecule has 0 atom stereocenters. The third-order valence-electron chi connectivity index (χ3n) is 7.48. The minimum atomic E-state index is -0.860. The zero-order chi connectivity index (χ0) is 30.4. The van der Waals surface area contributed by atoms with Crippen LogP contribution in [-0.4, -0.2) is 25.4 Å². The van der Waals surface area contributed by atoms with Gasteiger partial charge in [0.25, 0.3) is 0 Å². The zero-order valence-electron chi connectivity index (χ0n) is 27.1. The molecule has 4 nitrogen and oxygen atoms in total. The topological polar surface area (TPSA) is 52.1 Å². The van der Waals surface area contributed by atoms with Gasteiger partial charge >= 0.3 is 253 Å². The molecule has 4 aromatic rings. The normalized spacial score (nSPS) is 12.8. The van der Waals surface area contributed by atoms with E-state index in [9.17, 15) is 0 Å². The Morgan fingerprint density at radius 2 is 0.878 bits per heavy atom. The molecule has 5 heteroatoms. The Kier molecular flexibility index (Phi) is 8.40. The molecule has 41 heavy (non-hydrogen) atoms. The molecule has 0 amide bonds. The summed E-state index contributed by atoms with van der Waals surface area (Å²) in [5.74, 6) is 0. The van der Waals surface area contributed by atoms with Crippen molar-refractivity contribution >= 4 is 48.4 Å². The molecule has 0 bridgehead atoms. The van der Waals surface area contributed by atoms with Crippen molar-refractivity contribution in [2.24, 2.45) is 0 Å². The summed E-state index contributed by atoms with van der Waals surface area (Å²) in [5, 5.41) is 1.91. The number of para-hydroxylation sites is 2. The molecule has 0 unspecified atom stereocenters. The Labute approximate surface area is 252 Å². The first kappa shape index (κ1) is 31.1. The third-order valence-corrected chi connectivity index (χ3v) is 8.15. The molecule has 0 radical (unpaired) electrons. The number of aromatic nitrogens is 2. The van der Waals surface area contributed by atoms with E-state index in [1.807, 2.05) is 36.7 Å². The first-order valence-corrected chi connectivity index (χ1v) is 15.5. The van der Waals surface area contributed by atoms with Crippen molar-refractivity contribution in [2.75, 3.05) is 0 Å². The molecule has 4 rings (SSSR count). The van der Waals surface area contributed by atoms with E-state index in [0.717, 1.165) is 44.1 Å². The molecule has 0 saturated heterocycles. The molecule has 0 N–H and O–H groups in total. The van der Waals surface area contributed by atoms with Crippen LogP contribution in [0.5, 0.6) is 0 Å². The van der Waals surface area contributed by atoms with Crippen LogP contribution in [0, 0.1) is 0 Å². The Bertz CT molecular complexity index is 1600. The Hall–Kier alpha value is -2.87. The summed E-state index contributed by atoms with van der Waals surface area (Å²) in [7, 11) is 0. The molecule has 0 aliphatic heterocycles. The van der Waals surface area contributed by atoms with E-state index in [1.54, 1.807) is 0 Å². The van der Waals surface area contributed by atoms with E-state index in [0.29, 0.717) is 0 Å². The molecule has 1 aromatic heterocycles. The van der Waals surface area contributed by atoms with Gasteiger partial charge in [0.05, 0.1) is 0 Å². The van der Waals surface area contributed by atoms with Gasteiger partial charge in [0.1, 0.15) is 0 Å². The molecular formula is C36H46AlN2O2+. The van der Waals surface area contributed by atoms with Crippen molar-refractivity contribution in [3.63, 3.8) is 0 Å². The van der Waals surface area contributed by atoms with Crippen LogP contribution in [0.25, 0.3) is 33.0 Å². The van der Waals surface area contributed by atoms with Crippen LogP contribution in [0.15, 0.2) is 67.8 Å². The molecule has 0 saturated carbocycles. The molecule has 0 aliphatic carbocycles. The van der Waals surface area contributed by atoms with Gasteiger partial charge in [0.2, 0.25) is 0 Å². The summed E-state index contributed by atoms with van der Waals surface area (Å²) in [6, 6.07) is 17.0. The Balaban J connectivity index is 2.31. The second-order valence-electron chi connectivity index (χ2n) is 15.2. The zero-order valence-corrected chi connectivity index (χ0v) is 28.2. The predicted molar refractivity (Wildman–Crippen MR) is 175 cm³/mol. The molecule has 3 aromatic carbocycles. The van der Waals surface area contributed by atoms with E-state index in [-0.39, 0.29) is 21.7 Å². The summed E-state index contributed by atoms with van der Waals surface area (Å²) < 4.78 is 13.3. The van der Waals surface area contributed by atoms with E-state index in [4.69, 9.17) is 16.9 Å². The number of hydrogen-bond donors (Lipinski definition) is 0. The van der Waals surface area contributed by atoms with Crippen molar-refractivity contribution in [3.05, 3.63) is 83.2 Å². The summed E-state index contributed by atoms with van der Waals surface area (Å²) >= 11 is -0.860. The van der Waals surface area contributed by atoms with Crippen LogP contribution in [0.3, 0.4) is 0 Å². The summed E-state index contributed by atoms with van der Waals surface area (Å²) in [6.07, 6.45) is 3.86. The van der Waals surface area contributed by atoms with Crippen LogP contribution in [0.4, 0.5) is 0 Å². The average Bonchev–Trinajstić information content (AvgIpc) is 2.85. The minimum absolute atomic E-state index is 0.0269. The quantitative estimate of drug-likeness (QED) is 0.199. The average molecular weight is 566 g/mol. The molecule has 0 fully saturated rings. The summed E-state index contributed by atoms with van der Waals surface area (Å²) in [4.78, 5) is 9.92. The van der Waals surface area contributed by atoms with Crippen LogP contribution in [-0.2, 0) is 21.7 Å².